The second kappa shape index (κ2) is 8.23. The van der Waals surface area contributed by atoms with E-state index < -0.39 is 0 Å². The summed E-state index contributed by atoms with van der Waals surface area (Å²) in [5, 5.41) is 0. The summed E-state index contributed by atoms with van der Waals surface area (Å²) in [5.41, 5.74) is 4.11. The van der Waals surface area contributed by atoms with Crippen molar-refractivity contribution in [2.75, 3.05) is 26.2 Å². The first kappa shape index (κ1) is 19.3. The van der Waals surface area contributed by atoms with E-state index in [1.165, 1.54) is 31.5 Å². The van der Waals surface area contributed by atoms with E-state index in [4.69, 9.17) is 0 Å². The Balaban J connectivity index is 1.22. The lowest BCUT2D eigenvalue weighted by Gasteiger charge is -2.34. The van der Waals surface area contributed by atoms with Crippen LogP contribution in [0.4, 0.5) is 0 Å². The molecular formula is C25H30N4O. The van der Waals surface area contributed by atoms with E-state index in [1.54, 1.807) is 0 Å². The van der Waals surface area contributed by atoms with E-state index in [-0.39, 0.29) is 5.91 Å². The average molecular weight is 403 g/mol. The number of nitrogens with zero attached hydrogens (tertiary/aromatic N) is 4. The molecule has 3 heterocycles. The van der Waals surface area contributed by atoms with Gasteiger partial charge in [0.1, 0.15) is 0 Å². The Labute approximate surface area is 178 Å². The lowest BCUT2D eigenvalue weighted by molar-refractivity contribution is 0.0765. The monoisotopic (exact) mass is 402 g/mol. The standard InChI is InChI=1S/C25H30N4O/c1-19-10-13-27(14-11-19)22-12-15-28(17-22)25(30)21-8-6-20(7-9-21)16-29-18-26-23-4-2-3-5-24(23)29/h2-9,18-19,22H,10-17H2,1H3. The fourth-order valence-electron chi connectivity index (χ4n) is 4.89. The van der Waals surface area contributed by atoms with Crippen molar-refractivity contribution >= 4 is 16.9 Å². The highest BCUT2D eigenvalue weighted by Crippen LogP contribution is 2.24. The molecule has 1 unspecified atom stereocenters. The Bertz CT molecular complexity index is 1020. The molecule has 1 atom stereocenters. The van der Waals surface area contributed by atoms with Gasteiger partial charge in [-0.15, -0.1) is 0 Å². The largest absolute Gasteiger partial charge is 0.337 e. The van der Waals surface area contributed by atoms with Gasteiger partial charge in [-0.05, 0) is 68.1 Å². The Kier molecular flexibility index (Phi) is 5.30. The predicted molar refractivity (Wildman–Crippen MR) is 120 cm³/mol. The van der Waals surface area contributed by atoms with Crippen LogP contribution in [0.3, 0.4) is 0 Å². The van der Waals surface area contributed by atoms with Gasteiger partial charge in [0.05, 0.1) is 17.4 Å². The Morgan fingerprint density at radius 2 is 1.77 bits per heavy atom. The zero-order valence-electron chi connectivity index (χ0n) is 17.7. The molecule has 0 radical (unpaired) electrons. The SMILES string of the molecule is CC1CCN(C2CCN(C(=O)c3ccc(Cn4cnc5ccccc54)cc3)C2)CC1. The van der Waals surface area contributed by atoms with Crippen molar-refractivity contribution in [2.24, 2.45) is 5.92 Å². The van der Waals surface area contributed by atoms with Crippen molar-refractivity contribution in [1.82, 2.24) is 19.4 Å². The molecule has 5 rings (SSSR count). The number of amides is 1. The van der Waals surface area contributed by atoms with Crippen LogP contribution in [0, 0.1) is 5.92 Å². The summed E-state index contributed by atoms with van der Waals surface area (Å²) in [6, 6.07) is 16.8. The molecule has 2 fully saturated rings. The molecule has 0 N–H and O–H groups in total. The number of aromatic nitrogens is 2. The number of hydrogen-bond donors (Lipinski definition) is 0. The van der Waals surface area contributed by atoms with Gasteiger partial charge >= 0.3 is 0 Å². The number of hydrogen-bond acceptors (Lipinski definition) is 3. The van der Waals surface area contributed by atoms with E-state index in [9.17, 15) is 4.79 Å². The van der Waals surface area contributed by atoms with Crippen molar-refractivity contribution in [3.8, 4) is 0 Å². The number of carbonyl (C=O) groups is 1. The maximum Gasteiger partial charge on any atom is 0.253 e. The molecule has 5 nitrogen and oxygen atoms in total. The van der Waals surface area contributed by atoms with Crippen LogP contribution in [0.15, 0.2) is 54.9 Å². The van der Waals surface area contributed by atoms with Crippen LogP contribution in [0.2, 0.25) is 0 Å². The molecule has 3 aromatic rings. The molecule has 0 saturated carbocycles. The molecule has 0 aliphatic carbocycles. The minimum Gasteiger partial charge on any atom is -0.337 e. The number of benzene rings is 2. The highest BCUT2D eigenvalue weighted by Gasteiger charge is 2.32. The summed E-state index contributed by atoms with van der Waals surface area (Å²) in [5.74, 6) is 1.02. The summed E-state index contributed by atoms with van der Waals surface area (Å²) in [6.07, 6.45) is 5.57. The zero-order chi connectivity index (χ0) is 20.5. The first-order valence-electron chi connectivity index (χ1n) is 11.2. The van der Waals surface area contributed by atoms with Gasteiger partial charge in [0.2, 0.25) is 0 Å². The maximum absolute atomic E-state index is 13.0. The van der Waals surface area contributed by atoms with Crippen molar-refractivity contribution in [2.45, 2.75) is 38.8 Å². The Morgan fingerprint density at radius 3 is 2.57 bits per heavy atom. The molecule has 30 heavy (non-hydrogen) atoms. The third-order valence-electron chi connectivity index (χ3n) is 6.87. The number of carbonyl (C=O) groups excluding carboxylic acids is 1. The Morgan fingerprint density at radius 1 is 1.00 bits per heavy atom. The topological polar surface area (TPSA) is 41.4 Å². The minimum atomic E-state index is 0.169. The second-order valence-electron chi connectivity index (χ2n) is 8.97. The fourth-order valence-corrected chi connectivity index (χ4v) is 4.89. The third kappa shape index (κ3) is 3.86. The summed E-state index contributed by atoms with van der Waals surface area (Å²) >= 11 is 0. The van der Waals surface area contributed by atoms with E-state index >= 15 is 0 Å². The number of para-hydroxylation sites is 2. The van der Waals surface area contributed by atoms with Gasteiger partial charge in [-0.1, -0.05) is 31.2 Å². The Hall–Kier alpha value is -2.66. The molecule has 2 aliphatic rings. The van der Waals surface area contributed by atoms with E-state index in [0.29, 0.717) is 6.04 Å². The van der Waals surface area contributed by atoms with Gasteiger partial charge in [-0.2, -0.15) is 0 Å². The van der Waals surface area contributed by atoms with Crippen molar-refractivity contribution in [1.29, 1.82) is 0 Å². The molecule has 5 heteroatoms. The van der Waals surface area contributed by atoms with Crippen LogP contribution >= 0.6 is 0 Å². The van der Waals surface area contributed by atoms with Gasteiger partial charge in [0, 0.05) is 31.2 Å². The minimum absolute atomic E-state index is 0.169. The van der Waals surface area contributed by atoms with Crippen LogP contribution in [0.5, 0.6) is 0 Å². The smallest absolute Gasteiger partial charge is 0.253 e. The van der Waals surface area contributed by atoms with Crippen LogP contribution in [-0.2, 0) is 6.54 Å². The molecule has 2 aromatic carbocycles. The van der Waals surface area contributed by atoms with Crippen molar-refractivity contribution in [3.05, 3.63) is 66.0 Å². The van der Waals surface area contributed by atoms with Crippen LogP contribution in [0.1, 0.15) is 42.1 Å². The highest BCUT2D eigenvalue weighted by atomic mass is 16.2. The predicted octanol–water partition coefficient (Wildman–Crippen LogP) is 4.03. The van der Waals surface area contributed by atoms with Gasteiger partial charge in [-0.25, -0.2) is 4.98 Å². The highest BCUT2D eigenvalue weighted by molar-refractivity contribution is 5.94. The first-order valence-corrected chi connectivity index (χ1v) is 11.2. The van der Waals surface area contributed by atoms with E-state index in [1.807, 2.05) is 41.6 Å². The lowest BCUT2D eigenvalue weighted by Crippen LogP contribution is -2.43. The quantitative estimate of drug-likeness (QED) is 0.662. The van der Waals surface area contributed by atoms with Gasteiger partial charge < -0.3 is 9.47 Å². The molecule has 156 valence electrons. The summed E-state index contributed by atoms with van der Waals surface area (Å²) < 4.78 is 2.15. The summed E-state index contributed by atoms with van der Waals surface area (Å²) in [4.78, 5) is 22.1. The van der Waals surface area contributed by atoms with Crippen LogP contribution in [0.25, 0.3) is 11.0 Å². The molecule has 0 spiro atoms. The number of likely N-dealkylation sites (tertiary alicyclic amines) is 2. The zero-order valence-corrected chi connectivity index (χ0v) is 17.7. The summed E-state index contributed by atoms with van der Waals surface area (Å²) in [6.45, 7) is 7.22. The molecule has 2 aliphatic heterocycles. The molecule has 2 saturated heterocycles. The normalized spacial score (nSPS) is 20.8. The maximum atomic E-state index is 13.0. The van der Waals surface area contributed by atoms with Gasteiger partial charge in [-0.3, -0.25) is 9.69 Å². The fraction of sp³-hybridized carbons (Fsp3) is 0.440. The van der Waals surface area contributed by atoms with Crippen LogP contribution in [-0.4, -0.2) is 57.5 Å². The number of rotatable bonds is 4. The van der Waals surface area contributed by atoms with E-state index in [2.05, 4.69) is 39.6 Å². The molecule has 1 aromatic heterocycles. The number of piperidine rings is 1. The van der Waals surface area contributed by atoms with Crippen molar-refractivity contribution < 1.29 is 4.79 Å². The summed E-state index contributed by atoms with van der Waals surface area (Å²) in [7, 11) is 0. The average Bonchev–Trinajstić information content (AvgIpc) is 3.42. The third-order valence-corrected chi connectivity index (χ3v) is 6.87. The number of fused-ring (bicyclic) bond motifs is 1. The molecular weight excluding hydrogens is 372 g/mol. The lowest BCUT2D eigenvalue weighted by atomic mass is 9.98. The number of imidazole rings is 1. The second-order valence-corrected chi connectivity index (χ2v) is 8.97. The molecule has 0 bridgehead atoms. The van der Waals surface area contributed by atoms with Crippen molar-refractivity contribution in [3.63, 3.8) is 0 Å². The van der Waals surface area contributed by atoms with Crippen LogP contribution < -0.4 is 0 Å². The first-order chi connectivity index (χ1) is 14.7. The van der Waals surface area contributed by atoms with Gasteiger partial charge in [0.25, 0.3) is 5.91 Å². The van der Waals surface area contributed by atoms with Gasteiger partial charge in [0.15, 0.2) is 0 Å². The van der Waals surface area contributed by atoms with E-state index in [0.717, 1.165) is 48.6 Å². The molecule has 1 amide bonds.